The van der Waals surface area contributed by atoms with Crippen molar-refractivity contribution in [2.75, 3.05) is 5.43 Å². The van der Waals surface area contributed by atoms with Crippen molar-refractivity contribution in [2.24, 2.45) is 5.10 Å². The van der Waals surface area contributed by atoms with Crippen molar-refractivity contribution in [1.82, 2.24) is 4.98 Å². The molecular formula is C21H21N3S. The number of anilines is 1. The van der Waals surface area contributed by atoms with E-state index in [0.29, 0.717) is 0 Å². The third-order valence-corrected chi connectivity index (χ3v) is 5.55. The Morgan fingerprint density at radius 2 is 1.88 bits per heavy atom. The Hall–Kier alpha value is -2.46. The van der Waals surface area contributed by atoms with Gasteiger partial charge in [-0.3, -0.25) is 5.43 Å². The second kappa shape index (κ2) is 6.81. The van der Waals surface area contributed by atoms with Gasteiger partial charge < -0.3 is 0 Å². The molecule has 4 heteroatoms. The van der Waals surface area contributed by atoms with Crippen molar-refractivity contribution >= 4 is 22.9 Å². The van der Waals surface area contributed by atoms with E-state index in [1.807, 2.05) is 12.3 Å². The first kappa shape index (κ1) is 16.0. The number of hydrogen-bond donors (Lipinski definition) is 1. The molecule has 1 heterocycles. The molecule has 0 fully saturated rings. The molecule has 0 spiro atoms. The number of aromatic nitrogens is 1. The summed E-state index contributed by atoms with van der Waals surface area (Å²) >= 11 is 1.65. The van der Waals surface area contributed by atoms with E-state index in [4.69, 9.17) is 0 Å². The van der Waals surface area contributed by atoms with Crippen molar-refractivity contribution in [3.63, 3.8) is 0 Å². The average Bonchev–Trinajstić information content (AvgIpc) is 3.28. The van der Waals surface area contributed by atoms with Crippen LogP contribution in [0.4, 0.5) is 5.82 Å². The summed E-state index contributed by atoms with van der Waals surface area (Å²) in [5.74, 6) is 0.798. The first-order valence-electron chi connectivity index (χ1n) is 8.64. The number of hydrogen-bond acceptors (Lipinski definition) is 4. The summed E-state index contributed by atoms with van der Waals surface area (Å²) in [7, 11) is 0. The third kappa shape index (κ3) is 3.49. The second-order valence-corrected chi connectivity index (χ2v) is 7.41. The highest BCUT2D eigenvalue weighted by molar-refractivity contribution is 7.13. The molecular weight excluding hydrogens is 326 g/mol. The molecule has 0 bridgehead atoms. The predicted octanol–water partition coefficient (Wildman–Crippen LogP) is 5.44. The monoisotopic (exact) mass is 347 g/mol. The Kier molecular flexibility index (Phi) is 4.36. The lowest BCUT2D eigenvalue weighted by molar-refractivity contribution is 0.912. The first-order chi connectivity index (χ1) is 12.2. The standard InChI is InChI=1S/C21H21N3S/c1-14-6-8-16(9-7-14)15(2)23-24-20-13-25-21(22-20)19-11-10-17-4-3-5-18(17)12-19/h6-13,24H,3-5H2,1-2H3/b23-15+. The molecule has 3 aromatic rings. The lowest BCUT2D eigenvalue weighted by atomic mass is 10.1. The van der Waals surface area contributed by atoms with Crippen LogP contribution < -0.4 is 5.43 Å². The molecule has 4 rings (SSSR count). The Morgan fingerprint density at radius 3 is 2.72 bits per heavy atom. The molecule has 25 heavy (non-hydrogen) atoms. The largest absolute Gasteiger partial charge is 0.260 e. The summed E-state index contributed by atoms with van der Waals surface area (Å²) in [6.07, 6.45) is 3.68. The smallest absolute Gasteiger partial charge is 0.157 e. The fraction of sp³-hybridized carbons (Fsp3) is 0.238. The number of hydrazone groups is 1. The fourth-order valence-electron chi connectivity index (χ4n) is 3.16. The molecule has 0 atom stereocenters. The number of fused-ring (bicyclic) bond motifs is 1. The van der Waals surface area contributed by atoms with Gasteiger partial charge in [-0.1, -0.05) is 42.0 Å². The number of nitrogens with one attached hydrogen (secondary N) is 1. The van der Waals surface area contributed by atoms with Crippen molar-refractivity contribution in [3.05, 3.63) is 70.1 Å². The highest BCUT2D eigenvalue weighted by atomic mass is 32.1. The summed E-state index contributed by atoms with van der Waals surface area (Å²) in [5, 5.41) is 7.53. The van der Waals surface area contributed by atoms with E-state index in [9.17, 15) is 0 Å². The highest BCUT2D eigenvalue weighted by Crippen LogP contribution is 2.30. The lowest BCUT2D eigenvalue weighted by Gasteiger charge is -2.03. The predicted molar refractivity (Wildman–Crippen MR) is 107 cm³/mol. The van der Waals surface area contributed by atoms with Crippen LogP contribution in [-0.2, 0) is 12.8 Å². The summed E-state index contributed by atoms with van der Waals surface area (Å²) < 4.78 is 0. The maximum absolute atomic E-state index is 4.69. The molecule has 0 saturated carbocycles. The van der Waals surface area contributed by atoms with Crippen LogP contribution in [0.2, 0.25) is 0 Å². The van der Waals surface area contributed by atoms with Gasteiger partial charge in [0.1, 0.15) is 5.01 Å². The minimum absolute atomic E-state index is 0.798. The van der Waals surface area contributed by atoms with Gasteiger partial charge in [0.25, 0.3) is 0 Å². The van der Waals surface area contributed by atoms with Crippen LogP contribution in [0.5, 0.6) is 0 Å². The van der Waals surface area contributed by atoms with E-state index < -0.39 is 0 Å². The van der Waals surface area contributed by atoms with Crippen LogP contribution in [0.15, 0.2) is 52.9 Å². The normalized spacial score (nSPS) is 13.8. The minimum atomic E-state index is 0.798. The maximum Gasteiger partial charge on any atom is 0.157 e. The van der Waals surface area contributed by atoms with Gasteiger partial charge in [0.15, 0.2) is 5.82 Å². The number of benzene rings is 2. The van der Waals surface area contributed by atoms with Gasteiger partial charge >= 0.3 is 0 Å². The molecule has 2 aromatic carbocycles. The van der Waals surface area contributed by atoms with E-state index in [2.05, 4.69) is 64.9 Å². The van der Waals surface area contributed by atoms with Gasteiger partial charge in [-0.25, -0.2) is 4.98 Å². The molecule has 1 N–H and O–H groups in total. The summed E-state index contributed by atoms with van der Waals surface area (Å²) in [4.78, 5) is 4.69. The van der Waals surface area contributed by atoms with Gasteiger partial charge in [-0.15, -0.1) is 11.3 Å². The van der Waals surface area contributed by atoms with Gasteiger partial charge in [-0.05, 0) is 55.9 Å². The van der Waals surface area contributed by atoms with Crippen molar-refractivity contribution < 1.29 is 0 Å². The van der Waals surface area contributed by atoms with Gasteiger partial charge in [-0.2, -0.15) is 5.10 Å². The number of aryl methyl sites for hydroxylation is 3. The Balaban J connectivity index is 1.50. The number of nitrogens with zero attached hydrogens (tertiary/aromatic N) is 2. The van der Waals surface area contributed by atoms with Crippen LogP contribution >= 0.6 is 11.3 Å². The van der Waals surface area contributed by atoms with Crippen LogP contribution in [-0.4, -0.2) is 10.7 Å². The zero-order valence-corrected chi connectivity index (χ0v) is 15.4. The van der Waals surface area contributed by atoms with E-state index in [1.54, 1.807) is 11.3 Å². The molecule has 1 aliphatic carbocycles. The van der Waals surface area contributed by atoms with E-state index in [1.165, 1.54) is 41.5 Å². The van der Waals surface area contributed by atoms with Gasteiger partial charge in [0.2, 0.25) is 0 Å². The summed E-state index contributed by atoms with van der Waals surface area (Å²) in [6.45, 7) is 4.09. The molecule has 0 radical (unpaired) electrons. The van der Waals surface area contributed by atoms with Crippen LogP contribution in [0, 0.1) is 6.92 Å². The van der Waals surface area contributed by atoms with Gasteiger partial charge in [0, 0.05) is 10.9 Å². The van der Waals surface area contributed by atoms with Crippen molar-refractivity contribution in [2.45, 2.75) is 33.1 Å². The zero-order valence-electron chi connectivity index (χ0n) is 14.5. The first-order valence-corrected chi connectivity index (χ1v) is 9.52. The zero-order chi connectivity index (χ0) is 17.2. The van der Waals surface area contributed by atoms with Crippen LogP contribution in [0.25, 0.3) is 10.6 Å². The molecule has 0 saturated heterocycles. The molecule has 1 aromatic heterocycles. The van der Waals surface area contributed by atoms with Gasteiger partial charge in [0.05, 0.1) is 5.71 Å². The fourth-order valence-corrected chi connectivity index (χ4v) is 3.91. The lowest BCUT2D eigenvalue weighted by Crippen LogP contribution is -1.99. The highest BCUT2D eigenvalue weighted by Gasteiger charge is 2.13. The molecule has 3 nitrogen and oxygen atoms in total. The quantitative estimate of drug-likeness (QED) is 0.504. The maximum atomic E-state index is 4.69. The number of thiazole rings is 1. The van der Waals surface area contributed by atoms with E-state index in [0.717, 1.165) is 22.1 Å². The average molecular weight is 347 g/mol. The van der Waals surface area contributed by atoms with Crippen LogP contribution in [0.1, 0.15) is 35.6 Å². The second-order valence-electron chi connectivity index (χ2n) is 6.55. The minimum Gasteiger partial charge on any atom is -0.260 e. The Bertz CT molecular complexity index is 923. The van der Waals surface area contributed by atoms with Crippen molar-refractivity contribution in [3.8, 4) is 10.6 Å². The SMILES string of the molecule is C/C(=N\Nc1csc(-c2ccc3c(c2)CCC3)n1)c1ccc(C)cc1. The molecule has 1 aliphatic rings. The molecule has 126 valence electrons. The topological polar surface area (TPSA) is 37.3 Å². The van der Waals surface area contributed by atoms with E-state index in [-0.39, 0.29) is 0 Å². The molecule has 0 amide bonds. The van der Waals surface area contributed by atoms with E-state index >= 15 is 0 Å². The molecule has 0 aliphatic heterocycles. The Morgan fingerprint density at radius 1 is 1.08 bits per heavy atom. The van der Waals surface area contributed by atoms with Crippen molar-refractivity contribution in [1.29, 1.82) is 0 Å². The third-order valence-electron chi connectivity index (χ3n) is 4.66. The number of rotatable bonds is 4. The summed E-state index contributed by atoms with van der Waals surface area (Å²) in [5.41, 5.74) is 10.6. The summed E-state index contributed by atoms with van der Waals surface area (Å²) in [6, 6.07) is 15.1. The Labute approximate surface area is 152 Å². The molecule has 0 unspecified atom stereocenters. The van der Waals surface area contributed by atoms with Crippen LogP contribution in [0.3, 0.4) is 0 Å².